The average Bonchev–Trinajstić information content (AvgIpc) is 2.84. The highest BCUT2D eigenvalue weighted by Gasteiger charge is 2.29. The summed E-state index contributed by atoms with van der Waals surface area (Å²) in [6.45, 7) is 9.24. The fraction of sp³-hybridized carbons (Fsp3) is 0.474. The van der Waals surface area contributed by atoms with Gasteiger partial charge in [-0.3, -0.25) is 4.68 Å². The number of hydrogen-bond acceptors (Lipinski definition) is 3. The van der Waals surface area contributed by atoms with Crippen molar-refractivity contribution in [3.63, 3.8) is 0 Å². The lowest BCUT2D eigenvalue weighted by molar-refractivity contribution is 0.0219. The lowest BCUT2D eigenvalue weighted by Crippen LogP contribution is -2.40. The summed E-state index contributed by atoms with van der Waals surface area (Å²) in [5, 5.41) is 4.62. The average molecular weight is 345 g/mol. The van der Waals surface area contributed by atoms with Crippen molar-refractivity contribution < 1.29 is 13.9 Å². The lowest BCUT2D eigenvalue weighted by Gasteiger charge is -2.30. The highest BCUT2D eigenvalue weighted by Crippen LogP contribution is 2.24. The molecule has 1 aliphatic heterocycles. The van der Waals surface area contributed by atoms with E-state index in [-0.39, 0.29) is 11.9 Å². The van der Waals surface area contributed by atoms with Crippen LogP contribution in [-0.4, -0.2) is 32.9 Å². The van der Waals surface area contributed by atoms with Gasteiger partial charge < -0.3 is 9.64 Å². The van der Waals surface area contributed by atoms with Gasteiger partial charge in [-0.1, -0.05) is 12.1 Å². The lowest BCUT2D eigenvalue weighted by atomic mass is 10.1. The third kappa shape index (κ3) is 4.00. The maximum atomic E-state index is 13.1. The van der Waals surface area contributed by atoms with E-state index in [9.17, 15) is 9.18 Å². The van der Waals surface area contributed by atoms with Gasteiger partial charge in [0.2, 0.25) is 0 Å². The number of carbonyl (C=O) groups excluding carboxylic acids is 1. The van der Waals surface area contributed by atoms with E-state index in [0.717, 1.165) is 23.4 Å². The van der Waals surface area contributed by atoms with Crippen LogP contribution in [0.25, 0.3) is 0 Å². The molecular weight excluding hydrogens is 321 g/mol. The first kappa shape index (κ1) is 17.5. The maximum absolute atomic E-state index is 13.1. The number of fused-ring (bicyclic) bond motifs is 1. The molecule has 1 aromatic carbocycles. The van der Waals surface area contributed by atoms with E-state index in [1.165, 1.54) is 17.7 Å². The Morgan fingerprint density at radius 3 is 2.60 bits per heavy atom. The van der Waals surface area contributed by atoms with Crippen LogP contribution in [0.4, 0.5) is 9.18 Å². The highest BCUT2D eigenvalue weighted by molar-refractivity contribution is 5.68. The van der Waals surface area contributed by atoms with Crippen LogP contribution in [0.2, 0.25) is 0 Å². The van der Waals surface area contributed by atoms with Crippen LogP contribution in [0.5, 0.6) is 0 Å². The fourth-order valence-corrected chi connectivity index (χ4v) is 3.05. The molecule has 0 bridgehead atoms. The van der Waals surface area contributed by atoms with E-state index in [2.05, 4.69) is 5.10 Å². The van der Waals surface area contributed by atoms with Crippen LogP contribution in [0.1, 0.15) is 43.3 Å². The summed E-state index contributed by atoms with van der Waals surface area (Å²) in [5.74, 6) is -0.251. The van der Waals surface area contributed by atoms with Crippen molar-refractivity contribution in [2.45, 2.75) is 52.8 Å². The summed E-state index contributed by atoms with van der Waals surface area (Å²) >= 11 is 0. The number of ether oxygens (including phenoxy) is 1. The molecule has 1 aromatic heterocycles. The van der Waals surface area contributed by atoms with Crippen molar-refractivity contribution in [2.24, 2.45) is 0 Å². The van der Waals surface area contributed by atoms with Gasteiger partial charge in [0.25, 0.3) is 0 Å². The topological polar surface area (TPSA) is 47.4 Å². The first-order chi connectivity index (χ1) is 11.7. The second-order valence-electron chi connectivity index (χ2n) is 7.45. The van der Waals surface area contributed by atoms with E-state index in [1.807, 2.05) is 32.4 Å². The summed E-state index contributed by atoms with van der Waals surface area (Å²) in [6.07, 6.45) is 0.467. The summed E-state index contributed by atoms with van der Waals surface area (Å²) in [7, 11) is 0. The smallest absolute Gasteiger partial charge is 0.410 e. The largest absolute Gasteiger partial charge is 0.444 e. The molecule has 1 aliphatic rings. The minimum atomic E-state index is -0.512. The molecule has 0 saturated carbocycles. The number of carbonyl (C=O) groups is 1. The number of halogens is 1. The zero-order valence-corrected chi connectivity index (χ0v) is 15.2. The third-order valence-corrected chi connectivity index (χ3v) is 4.24. The fourth-order valence-electron chi connectivity index (χ4n) is 3.05. The summed E-state index contributed by atoms with van der Waals surface area (Å²) < 4.78 is 20.5. The van der Waals surface area contributed by atoms with Crippen molar-refractivity contribution in [3.05, 3.63) is 52.6 Å². The van der Waals surface area contributed by atoms with E-state index in [0.29, 0.717) is 19.6 Å². The zero-order chi connectivity index (χ0) is 18.2. The van der Waals surface area contributed by atoms with Crippen LogP contribution < -0.4 is 0 Å². The van der Waals surface area contributed by atoms with Crippen LogP contribution >= 0.6 is 0 Å². The standard InChI is InChI=1S/C19H24FN3O2/c1-13-16-9-10-22(18(24)25-19(2,3)4)12-17(16)23(21-13)11-14-5-7-15(20)8-6-14/h5-8H,9-12H2,1-4H3. The molecule has 0 unspecified atom stereocenters. The molecule has 25 heavy (non-hydrogen) atoms. The second kappa shape index (κ2) is 6.50. The number of aryl methyl sites for hydroxylation is 1. The minimum absolute atomic E-state index is 0.251. The molecule has 6 heteroatoms. The van der Waals surface area contributed by atoms with Crippen molar-refractivity contribution >= 4 is 6.09 Å². The number of amides is 1. The SMILES string of the molecule is Cc1nn(Cc2ccc(F)cc2)c2c1CCN(C(=O)OC(C)(C)C)C2. The third-order valence-electron chi connectivity index (χ3n) is 4.24. The number of benzene rings is 1. The Morgan fingerprint density at radius 2 is 1.96 bits per heavy atom. The Labute approximate surface area is 147 Å². The number of hydrogen-bond donors (Lipinski definition) is 0. The predicted molar refractivity (Wildman–Crippen MR) is 92.8 cm³/mol. The molecule has 1 amide bonds. The van der Waals surface area contributed by atoms with Gasteiger partial charge in [-0.15, -0.1) is 0 Å². The Morgan fingerprint density at radius 1 is 1.28 bits per heavy atom. The first-order valence-corrected chi connectivity index (χ1v) is 8.50. The zero-order valence-electron chi connectivity index (χ0n) is 15.2. The first-order valence-electron chi connectivity index (χ1n) is 8.50. The molecule has 0 N–H and O–H groups in total. The number of nitrogens with zero attached hydrogens (tertiary/aromatic N) is 3. The van der Waals surface area contributed by atoms with E-state index >= 15 is 0 Å². The van der Waals surface area contributed by atoms with Crippen molar-refractivity contribution in [1.82, 2.24) is 14.7 Å². The Bertz CT molecular complexity index is 775. The summed E-state index contributed by atoms with van der Waals surface area (Å²) in [4.78, 5) is 14.1. The van der Waals surface area contributed by atoms with Gasteiger partial charge >= 0.3 is 6.09 Å². The normalized spacial score (nSPS) is 14.4. The van der Waals surface area contributed by atoms with Crippen LogP contribution in [0.3, 0.4) is 0 Å². The van der Waals surface area contributed by atoms with E-state index < -0.39 is 5.60 Å². The number of rotatable bonds is 2. The molecule has 0 atom stereocenters. The summed E-state index contributed by atoms with van der Waals surface area (Å²) in [6, 6.07) is 6.41. The molecule has 3 rings (SSSR count). The van der Waals surface area contributed by atoms with Crippen molar-refractivity contribution in [3.8, 4) is 0 Å². The molecule has 0 radical (unpaired) electrons. The summed E-state index contributed by atoms with van der Waals surface area (Å²) in [5.41, 5.74) is 3.67. The molecule has 2 aromatic rings. The van der Waals surface area contributed by atoms with Crippen molar-refractivity contribution in [1.29, 1.82) is 0 Å². The Hall–Kier alpha value is -2.37. The van der Waals surface area contributed by atoms with E-state index in [1.54, 1.807) is 17.0 Å². The second-order valence-corrected chi connectivity index (χ2v) is 7.45. The van der Waals surface area contributed by atoms with Gasteiger partial charge in [-0.05, 0) is 57.4 Å². The monoisotopic (exact) mass is 345 g/mol. The van der Waals surface area contributed by atoms with Crippen LogP contribution in [0.15, 0.2) is 24.3 Å². The quantitative estimate of drug-likeness (QED) is 0.834. The molecule has 0 aliphatic carbocycles. The van der Waals surface area contributed by atoms with Gasteiger partial charge in [-0.25, -0.2) is 9.18 Å². The van der Waals surface area contributed by atoms with Gasteiger partial charge in [-0.2, -0.15) is 5.10 Å². The Kier molecular flexibility index (Phi) is 4.54. The van der Waals surface area contributed by atoms with Crippen LogP contribution in [-0.2, 0) is 24.2 Å². The highest BCUT2D eigenvalue weighted by atomic mass is 19.1. The molecule has 134 valence electrons. The number of aromatic nitrogens is 2. The maximum Gasteiger partial charge on any atom is 0.410 e. The molecular formula is C19H24FN3O2. The van der Waals surface area contributed by atoms with Gasteiger partial charge in [0.15, 0.2) is 0 Å². The Balaban J connectivity index is 1.81. The predicted octanol–water partition coefficient (Wildman–Crippen LogP) is 3.67. The van der Waals surface area contributed by atoms with Gasteiger partial charge in [0.1, 0.15) is 11.4 Å². The molecule has 2 heterocycles. The van der Waals surface area contributed by atoms with Gasteiger partial charge in [0, 0.05) is 6.54 Å². The molecule has 0 fully saturated rings. The minimum Gasteiger partial charge on any atom is -0.444 e. The van der Waals surface area contributed by atoms with E-state index in [4.69, 9.17) is 4.74 Å². The van der Waals surface area contributed by atoms with Crippen LogP contribution in [0, 0.1) is 12.7 Å². The molecule has 0 saturated heterocycles. The molecule has 5 nitrogen and oxygen atoms in total. The van der Waals surface area contributed by atoms with Gasteiger partial charge in [0.05, 0.1) is 24.5 Å². The molecule has 0 spiro atoms. The van der Waals surface area contributed by atoms with Crippen molar-refractivity contribution in [2.75, 3.05) is 6.54 Å².